The second kappa shape index (κ2) is 6.77. The summed E-state index contributed by atoms with van der Waals surface area (Å²) in [5.41, 5.74) is 1.15. The van der Waals surface area contributed by atoms with E-state index in [-0.39, 0.29) is 10.8 Å². The average Bonchev–Trinajstić information content (AvgIpc) is 2.96. The van der Waals surface area contributed by atoms with Crippen LogP contribution in [-0.4, -0.2) is 34.1 Å². The van der Waals surface area contributed by atoms with Crippen molar-refractivity contribution in [3.8, 4) is 0 Å². The van der Waals surface area contributed by atoms with Crippen molar-refractivity contribution >= 4 is 25.6 Å². The standard InChI is InChI=1S/C14H18ClNO4S/c1-2-11-3-4-12(21(15,18)19)7-13(11)14(17)16-8-10-5-6-20-9-10/h3-4,7,10H,2,5-6,8-9H2,1H3,(H,16,17). The molecule has 0 radical (unpaired) electrons. The minimum Gasteiger partial charge on any atom is -0.381 e. The first-order valence-electron chi connectivity index (χ1n) is 6.85. The van der Waals surface area contributed by atoms with E-state index in [9.17, 15) is 13.2 Å². The van der Waals surface area contributed by atoms with Crippen molar-refractivity contribution < 1.29 is 17.9 Å². The van der Waals surface area contributed by atoms with Gasteiger partial charge in [-0.05, 0) is 30.5 Å². The first kappa shape index (κ1) is 16.3. The van der Waals surface area contributed by atoms with Crippen LogP contribution in [0.1, 0.15) is 29.3 Å². The lowest BCUT2D eigenvalue weighted by Gasteiger charge is -2.12. The van der Waals surface area contributed by atoms with Crippen LogP contribution < -0.4 is 5.32 Å². The van der Waals surface area contributed by atoms with Gasteiger partial charge >= 0.3 is 0 Å². The molecule has 1 amide bonds. The number of aryl methyl sites for hydroxylation is 1. The third kappa shape index (κ3) is 4.18. The molecule has 7 heteroatoms. The first-order valence-corrected chi connectivity index (χ1v) is 9.16. The molecule has 2 rings (SSSR count). The highest BCUT2D eigenvalue weighted by molar-refractivity contribution is 8.13. The molecule has 1 aromatic rings. The maximum atomic E-state index is 12.3. The Morgan fingerprint density at radius 2 is 2.24 bits per heavy atom. The number of nitrogens with one attached hydrogen (secondary N) is 1. The number of carbonyl (C=O) groups is 1. The summed E-state index contributed by atoms with van der Waals surface area (Å²) in [6.07, 6.45) is 1.56. The van der Waals surface area contributed by atoms with Crippen molar-refractivity contribution in [1.82, 2.24) is 5.32 Å². The molecule has 0 aromatic heterocycles. The molecule has 1 aliphatic heterocycles. The zero-order valence-corrected chi connectivity index (χ0v) is 13.3. The molecule has 116 valence electrons. The van der Waals surface area contributed by atoms with Crippen LogP contribution in [0.15, 0.2) is 23.1 Å². The predicted octanol–water partition coefficient (Wildman–Crippen LogP) is 1.94. The van der Waals surface area contributed by atoms with E-state index in [4.69, 9.17) is 15.4 Å². The summed E-state index contributed by atoms with van der Waals surface area (Å²) in [4.78, 5) is 12.2. The van der Waals surface area contributed by atoms with Gasteiger partial charge in [-0.25, -0.2) is 8.42 Å². The molecule has 1 aromatic carbocycles. The molecule has 21 heavy (non-hydrogen) atoms. The van der Waals surface area contributed by atoms with Gasteiger partial charge in [0.1, 0.15) is 0 Å². The van der Waals surface area contributed by atoms with E-state index in [2.05, 4.69) is 5.32 Å². The second-order valence-electron chi connectivity index (χ2n) is 5.05. The van der Waals surface area contributed by atoms with E-state index in [0.29, 0.717) is 31.1 Å². The van der Waals surface area contributed by atoms with Gasteiger partial charge < -0.3 is 10.1 Å². The molecule has 1 fully saturated rings. The van der Waals surface area contributed by atoms with Crippen molar-refractivity contribution in [1.29, 1.82) is 0 Å². The molecule has 1 aliphatic rings. The number of ether oxygens (including phenoxy) is 1. The number of hydrogen-bond donors (Lipinski definition) is 1. The zero-order valence-electron chi connectivity index (χ0n) is 11.8. The molecule has 1 heterocycles. The normalized spacial score (nSPS) is 18.7. The van der Waals surface area contributed by atoms with Gasteiger partial charge in [0.05, 0.1) is 11.5 Å². The van der Waals surface area contributed by atoms with E-state index in [1.807, 2.05) is 6.92 Å². The summed E-state index contributed by atoms with van der Waals surface area (Å²) < 4.78 is 28.0. The zero-order chi connectivity index (χ0) is 15.5. The topological polar surface area (TPSA) is 72.5 Å². The molecule has 0 saturated carbocycles. The Morgan fingerprint density at radius 3 is 2.81 bits per heavy atom. The predicted molar refractivity (Wildman–Crippen MR) is 80.1 cm³/mol. The number of carbonyl (C=O) groups excluding carboxylic acids is 1. The highest BCUT2D eigenvalue weighted by atomic mass is 35.7. The van der Waals surface area contributed by atoms with Gasteiger partial charge in [0.25, 0.3) is 15.0 Å². The second-order valence-corrected chi connectivity index (χ2v) is 7.62. The van der Waals surface area contributed by atoms with Gasteiger partial charge in [-0.1, -0.05) is 13.0 Å². The summed E-state index contributed by atoms with van der Waals surface area (Å²) in [6.45, 7) is 3.81. The van der Waals surface area contributed by atoms with Crippen molar-refractivity contribution in [2.24, 2.45) is 5.92 Å². The van der Waals surface area contributed by atoms with E-state index in [1.54, 1.807) is 6.07 Å². The average molecular weight is 332 g/mol. The lowest BCUT2D eigenvalue weighted by molar-refractivity contribution is 0.0944. The highest BCUT2D eigenvalue weighted by Gasteiger charge is 2.19. The Bertz CT molecular complexity index is 624. The minimum atomic E-state index is -3.84. The van der Waals surface area contributed by atoms with E-state index >= 15 is 0 Å². The molecule has 5 nitrogen and oxygen atoms in total. The summed E-state index contributed by atoms with van der Waals surface area (Å²) in [6, 6.07) is 4.38. The van der Waals surface area contributed by atoms with Gasteiger partial charge in [0.2, 0.25) is 0 Å². The highest BCUT2D eigenvalue weighted by Crippen LogP contribution is 2.20. The number of amides is 1. The van der Waals surface area contributed by atoms with Crippen LogP contribution in [0.5, 0.6) is 0 Å². The van der Waals surface area contributed by atoms with Crippen molar-refractivity contribution in [3.05, 3.63) is 29.3 Å². The molecule has 0 aliphatic carbocycles. The van der Waals surface area contributed by atoms with Crippen molar-refractivity contribution in [3.63, 3.8) is 0 Å². The summed E-state index contributed by atoms with van der Waals surface area (Å²) >= 11 is 0. The van der Waals surface area contributed by atoms with Crippen molar-refractivity contribution in [2.45, 2.75) is 24.7 Å². The van der Waals surface area contributed by atoms with Crippen LogP contribution in [0.4, 0.5) is 0 Å². The Kier molecular flexibility index (Phi) is 5.24. The van der Waals surface area contributed by atoms with Crippen molar-refractivity contribution in [2.75, 3.05) is 19.8 Å². The number of rotatable bonds is 5. The maximum absolute atomic E-state index is 12.3. The fourth-order valence-electron chi connectivity index (χ4n) is 2.30. The Balaban J connectivity index is 2.17. The number of hydrogen-bond acceptors (Lipinski definition) is 4. The minimum absolute atomic E-state index is 0.0595. The quantitative estimate of drug-likeness (QED) is 0.837. The first-order chi connectivity index (χ1) is 9.91. The van der Waals surface area contributed by atoms with Gasteiger partial charge in [-0.15, -0.1) is 0 Å². The maximum Gasteiger partial charge on any atom is 0.261 e. The molecular weight excluding hydrogens is 314 g/mol. The van der Waals surface area contributed by atoms with Gasteiger partial charge in [-0.3, -0.25) is 4.79 Å². The number of halogens is 1. The molecule has 1 unspecified atom stereocenters. The summed E-state index contributed by atoms with van der Waals surface area (Å²) in [7, 11) is 1.49. The SMILES string of the molecule is CCc1ccc(S(=O)(=O)Cl)cc1C(=O)NCC1CCOC1. The Morgan fingerprint density at radius 1 is 1.48 bits per heavy atom. The van der Waals surface area contributed by atoms with Crippen LogP contribution in [0, 0.1) is 5.92 Å². The molecule has 1 saturated heterocycles. The fraction of sp³-hybridized carbons (Fsp3) is 0.500. The summed E-state index contributed by atoms with van der Waals surface area (Å²) in [5.74, 6) is 0.0416. The van der Waals surface area contributed by atoms with Crippen LogP contribution in [0.25, 0.3) is 0 Å². The Labute approximate surface area is 129 Å². The fourth-order valence-corrected chi connectivity index (χ4v) is 3.08. The molecular formula is C14H18ClNO4S. The van der Waals surface area contributed by atoms with Crippen LogP contribution in [0.2, 0.25) is 0 Å². The third-order valence-corrected chi connectivity index (χ3v) is 4.92. The van der Waals surface area contributed by atoms with E-state index in [0.717, 1.165) is 18.6 Å². The van der Waals surface area contributed by atoms with Crippen LogP contribution in [-0.2, 0) is 20.2 Å². The monoisotopic (exact) mass is 331 g/mol. The molecule has 0 spiro atoms. The van der Waals surface area contributed by atoms with Gasteiger partial charge in [0, 0.05) is 35.3 Å². The lowest BCUT2D eigenvalue weighted by Crippen LogP contribution is -2.30. The van der Waals surface area contributed by atoms with E-state index < -0.39 is 9.05 Å². The van der Waals surface area contributed by atoms with E-state index in [1.165, 1.54) is 12.1 Å². The molecule has 1 atom stereocenters. The number of benzene rings is 1. The van der Waals surface area contributed by atoms with Gasteiger partial charge in [-0.2, -0.15) is 0 Å². The lowest BCUT2D eigenvalue weighted by atomic mass is 10.0. The summed E-state index contributed by atoms with van der Waals surface area (Å²) in [5, 5.41) is 2.84. The van der Waals surface area contributed by atoms with Crippen LogP contribution in [0.3, 0.4) is 0 Å². The Hall–Kier alpha value is -1.11. The molecule has 0 bridgehead atoms. The molecule has 1 N–H and O–H groups in total. The van der Waals surface area contributed by atoms with Crippen LogP contribution >= 0.6 is 10.7 Å². The smallest absolute Gasteiger partial charge is 0.261 e. The largest absolute Gasteiger partial charge is 0.381 e. The third-order valence-electron chi connectivity index (χ3n) is 3.56. The van der Waals surface area contributed by atoms with Gasteiger partial charge in [0.15, 0.2) is 0 Å².